The topological polar surface area (TPSA) is 42.3 Å². The minimum Gasteiger partial charge on any atom is -0.319 e. The van der Waals surface area contributed by atoms with Crippen molar-refractivity contribution < 1.29 is 4.79 Å². The number of carbonyl (C=O) groups is 1. The van der Waals surface area contributed by atoms with Crippen molar-refractivity contribution in [3.05, 3.63) is 64.1 Å². The zero-order valence-corrected chi connectivity index (χ0v) is 11.4. The van der Waals surface area contributed by atoms with E-state index in [1.54, 1.807) is 24.2 Å². The van der Waals surface area contributed by atoms with E-state index in [9.17, 15) is 9.59 Å². The van der Waals surface area contributed by atoms with Gasteiger partial charge in [-0.15, -0.1) is 0 Å². The summed E-state index contributed by atoms with van der Waals surface area (Å²) in [6.45, 7) is 0.699. The molecule has 0 saturated carbocycles. The first-order valence-electron chi connectivity index (χ1n) is 6.73. The average molecular weight is 268 g/mol. The Kier molecular flexibility index (Phi) is 3.14. The van der Waals surface area contributed by atoms with E-state index in [-0.39, 0.29) is 11.5 Å². The lowest BCUT2D eigenvalue weighted by atomic mass is 10.0. The number of para-hydroxylation sites is 1. The summed E-state index contributed by atoms with van der Waals surface area (Å²) in [4.78, 5) is 26.0. The van der Waals surface area contributed by atoms with Gasteiger partial charge in [-0.25, -0.2) is 0 Å². The van der Waals surface area contributed by atoms with Gasteiger partial charge in [0.25, 0.3) is 11.5 Å². The van der Waals surface area contributed by atoms with E-state index in [1.807, 2.05) is 18.2 Å². The van der Waals surface area contributed by atoms with Gasteiger partial charge in [-0.05, 0) is 30.5 Å². The van der Waals surface area contributed by atoms with Crippen molar-refractivity contribution in [2.45, 2.75) is 12.8 Å². The van der Waals surface area contributed by atoms with Crippen molar-refractivity contribution >= 4 is 11.6 Å². The van der Waals surface area contributed by atoms with Crippen LogP contribution >= 0.6 is 0 Å². The number of aromatic nitrogens is 1. The van der Waals surface area contributed by atoms with Crippen LogP contribution in [0.3, 0.4) is 0 Å². The number of carbonyl (C=O) groups excluding carboxylic acids is 1. The zero-order valence-electron chi connectivity index (χ0n) is 11.4. The number of hydrogen-bond donors (Lipinski definition) is 0. The SMILES string of the molecule is Cn1ccc(C(=O)N2CCCc3ccccc32)cc1=O. The van der Waals surface area contributed by atoms with Crippen LogP contribution in [0, 0.1) is 0 Å². The zero-order chi connectivity index (χ0) is 14.1. The molecule has 3 rings (SSSR count). The third-order valence-corrected chi connectivity index (χ3v) is 3.71. The fourth-order valence-corrected chi connectivity index (χ4v) is 2.58. The molecule has 0 bridgehead atoms. The molecule has 0 fully saturated rings. The predicted molar refractivity (Wildman–Crippen MR) is 78.1 cm³/mol. The number of pyridine rings is 1. The molecule has 4 heteroatoms. The van der Waals surface area contributed by atoms with Gasteiger partial charge >= 0.3 is 0 Å². The Morgan fingerprint density at radius 3 is 2.80 bits per heavy atom. The number of anilines is 1. The second kappa shape index (κ2) is 4.96. The summed E-state index contributed by atoms with van der Waals surface area (Å²) in [6.07, 6.45) is 3.58. The molecule has 102 valence electrons. The Bertz CT molecular complexity index is 718. The third-order valence-electron chi connectivity index (χ3n) is 3.71. The molecule has 0 spiro atoms. The molecule has 4 nitrogen and oxygen atoms in total. The van der Waals surface area contributed by atoms with E-state index in [0.29, 0.717) is 12.1 Å². The molecule has 0 radical (unpaired) electrons. The van der Waals surface area contributed by atoms with Crippen molar-refractivity contribution in [2.75, 3.05) is 11.4 Å². The van der Waals surface area contributed by atoms with Gasteiger partial charge in [0.1, 0.15) is 0 Å². The van der Waals surface area contributed by atoms with Crippen LogP contribution in [-0.4, -0.2) is 17.0 Å². The van der Waals surface area contributed by atoms with Gasteiger partial charge in [-0.1, -0.05) is 18.2 Å². The average Bonchev–Trinajstić information content (AvgIpc) is 2.49. The van der Waals surface area contributed by atoms with Gasteiger partial charge in [0, 0.05) is 37.1 Å². The molecule has 1 aliphatic heterocycles. The van der Waals surface area contributed by atoms with Crippen LogP contribution in [-0.2, 0) is 13.5 Å². The van der Waals surface area contributed by atoms with Crippen LogP contribution < -0.4 is 10.5 Å². The van der Waals surface area contributed by atoms with E-state index < -0.39 is 0 Å². The van der Waals surface area contributed by atoms with Crippen LogP contribution in [0.25, 0.3) is 0 Å². The van der Waals surface area contributed by atoms with Crippen LogP contribution in [0.2, 0.25) is 0 Å². The number of benzene rings is 1. The van der Waals surface area contributed by atoms with Crippen molar-refractivity contribution in [3.63, 3.8) is 0 Å². The summed E-state index contributed by atoms with van der Waals surface area (Å²) in [7, 11) is 1.67. The lowest BCUT2D eigenvalue weighted by Gasteiger charge is -2.29. The fourth-order valence-electron chi connectivity index (χ4n) is 2.58. The summed E-state index contributed by atoms with van der Waals surface area (Å²) in [5, 5.41) is 0. The third kappa shape index (κ3) is 2.13. The molecule has 1 aliphatic rings. The highest BCUT2D eigenvalue weighted by Gasteiger charge is 2.23. The quantitative estimate of drug-likeness (QED) is 0.793. The Labute approximate surface area is 117 Å². The maximum absolute atomic E-state index is 12.6. The highest BCUT2D eigenvalue weighted by Crippen LogP contribution is 2.27. The summed E-state index contributed by atoms with van der Waals surface area (Å²) < 4.78 is 1.46. The van der Waals surface area contributed by atoms with Gasteiger partial charge in [0.2, 0.25) is 0 Å². The second-order valence-electron chi connectivity index (χ2n) is 5.05. The van der Waals surface area contributed by atoms with E-state index >= 15 is 0 Å². The largest absolute Gasteiger partial charge is 0.319 e. The smallest absolute Gasteiger partial charge is 0.258 e. The number of nitrogens with zero attached hydrogens (tertiary/aromatic N) is 2. The Hall–Kier alpha value is -2.36. The van der Waals surface area contributed by atoms with E-state index in [1.165, 1.54) is 16.2 Å². The van der Waals surface area contributed by atoms with Crippen molar-refractivity contribution in [1.82, 2.24) is 4.57 Å². The molecule has 2 heterocycles. The number of hydrogen-bond acceptors (Lipinski definition) is 2. The molecular weight excluding hydrogens is 252 g/mol. The fraction of sp³-hybridized carbons (Fsp3) is 0.250. The first kappa shape index (κ1) is 12.7. The minimum absolute atomic E-state index is 0.102. The lowest BCUT2D eigenvalue weighted by molar-refractivity contribution is 0.0985. The van der Waals surface area contributed by atoms with Gasteiger partial charge in [-0.2, -0.15) is 0 Å². The monoisotopic (exact) mass is 268 g/mol. The molecule has 0 unspecified atom stereocenters. The molecule has 0 atom stereocenters. The predicted octanol–water partition coefficient (Wildman–Crippen LogP) is 1.98. The van der Waals surface area contributed by atoms with Gasteiger partial charge in [-0.3, -0.25) is 9.59 Å². The maximum Gasteiger partial charge on any atom is 0.258 e. The Balaban J connectivity index is 1.99. The van der Waals surface area contributed by atoms with Crippen molar-refractivity contribution in [3.8, 4) is 0 Å². The van der Waals surface area contributed by atoms with Crippen LogP contribution in [0.4, 0.5) is 5.69 Å². The van der Waals surface area contributed by atoms with Gasteiger partial charge in [0.15, 0.2) is 0 Å². The molecule has 0 aliphatic carbocycles. The molecule has 1 aromatic heterocycles. The molecule has 1 aromatic carbocycles. The standard InChI is InChI=1S/C16H16N2O2/c1-17-10-8-13(11-15(17)19)16(20)18-9-4-6-12-5-2-3-7-14(12)18/h2-3,5,7-8,10-11H,4,6,9H2,1H3. The van der Waals surface area contributed by atoms with E-state index in [2.05, 4.69) is 6.07 Å². The van der Waals surface area contributed by atoms with E-state index in [0.717, 1.165) is 18.5 Å². The van der Waals surface area contributed by atoms with Crippen LogP contribution in [0.1, 0.15) is 22.3 Å². The summed E-state index contributed by atoms with van der Waals surface area (Å²) in [5.74, 6) is -0.102. The van der Waals surface area contributed by atoms with Crippen molar-refractivity contribution in [2.24, 2.45) is 7.05 Å². The lowest BCUT2D eigenvalue weighted by Crippen LogP contribution is -2.36. The Morgan fingerprint density at radius 2 is 2.00 bits per heavy atom. The Morgan fingerprint density at radius 1 is 1.20 bits per heavy atom. The number of amides is 1. The first-order valence-corrected chi connectivity index (χ1v) is 6.73. The summed E-state index contributed by atoms with van der Waals surface area (Å²) in [5.41, 5.74) is 2.44. The normalized spacial score (nSPS) is 13.9. The molecule has 1 amide bonds. The van der Waals surface area contributed by atoms with Crippen molar-refractivity contribution in [1.29, 1.82) is 0 Å². The highest BCUT2D eigenvalue weighted by atomic mass is 16.2. The number of fused-ring (bicyclic) bond motifs is 1. The van der Waals surface area contributed by atoms with Crippen LogP contribution in [0.5, 0.6) is 0 Å². The van der Waals surface area contributed by atoms with Gasteiger partial charge < -0.3 is 9.47 Å². The maximum atomic E-state index is 12.6. The second-order valence-corrected chi connectivity index (χ2v) is 5.05. The molecular formula is C16H16N2O2. The summed E-state index contributed by atoms with van der Waals surface area (Å²) >= 11 is 0. The first-order chi connectivity index (χ1) is 9.66. The molecule has 20 heavy (non-hydrogen) atoms. The van der Waals surface area contributed by atoms with Gasteiger partial charge in [0.05, 0.1) is 0 Å². The van der Waals surface area contributed by atoms with Crippen LogP contribution in [0.15, 0.2) is 47.4 Å². The number of rotatable bonds is 1. The summed E-state index contributed by atoms with van der Waals surface area (Å²) in [6, 6.07) is 11.0. The minimum atomic E-state index is -0.166. The molecule has 0 saturated heterocycles. The van der Waals surface area contributed by atoms with E-state index in [4.69, 9.17) is 0 Å². The molecule has 2 aromatic rings. The number of aryl methyl sites for hydroxylation is 2. The highest BCUT2D eigenvalue weighted by molar-refractivity contribution is 6.06. The molecule has 0 N–H and O–H groups in total.